The third kappa shape index (κ3) is 3.58. The number of rotatable bonds is 3. The van der Waals surface area contributed by atoms with Gasteiger partial charge in [0.25, 0.3) is 0 Å². The number of hydrogen-bond acceptors (Lipinski definition) is 4. The molecular formula is C8H10O4. The minimum absolute atomic E-state index is 0.104. The Balaban J connectivity index is 4.12. The van der Waals surface area contributed by atoms with Crippen LogP contribution in [0, 0.1) is 0 Å². The van der Waals surface area contributed by atoms with Gasteiger partial charge in [0, 0.05) is 6.92 Å². The van der Waals surface area contributed by atoms with Crippen molar-refractivity contribution in [3.63, 3.8) is 0 Å². The van der Waals surface area contributed by atoms with Crippen molar-refractivity contribution in [3.8, 4) is 0 Å². The van der Waals surface area contributed by atoms with Gasteiger partial charge in [-0.05, 0) is 0 Å². The molecule has 0 radical (unpaired) electrons. The largest absolute Gasteiger partial charge is 0.465 e. The van der Waals surface area contributed by atoms with Crippen molar-refractivity contribution in [2.75, 3.05) is 13.7 Å². The van der Waals surface area contributed by atoms with Crippen molar-refractivity contribution in [1.29, 1.82) is 0 Å². The lowest BCUT2D eigenvalue weighted by molar-refractivity contribution is -0.142. The molecule has 0 aromatic rings. The molecule has 0 aromatic heterocycles. The van der Waals surface area contributed by atoms with E-state index in [0.717, 1.165) is 0 Å². The van der Waals surface area contributed by atoms with Gasteiger partial charge in [-0.3, -0.25) is 4.79 Å². The van der Waals surface area contributed by atoms with Crippen LogP contribution >= 0.6 is 0 Å². The van der Waals surface area contributed by atoms with Crippen LogP contribution in [0.1, 0.15) is 6.92 Å². The highest BCUT2D eigenvalue weighted by Crippen LogP contribution is 1.95. The van der Waals surface area contributed by atoms with Crippen molar-refractivity contribution >= 4 is 11.9 Å². The summed E-state index contributed by atoms with van der Waals surface area (Å²) in [5.74, 6) is -1.06. The number of methoxy groups -OCH3 is 1. The summed E-state index contributed by atoms with van der Waals surface area (Å²) in [7, 11) is 1.23. The van der Waals surface area contributed by atoms with Crippen LogP contribution in [0.2, 0.25) is 0 Å². The maximum absolute atomic E-state index is 10.8. The number of ether oxygens (including phenoxy) is 2. The second-order valence-corrected chi connectivity index (χ2v) is 1.93. The van der Waals surface area contributed by atoms with E-state index in [-0.39, 0.29) is 12.2 Å². The zero-order valence-corrected chi connectivity index (χ0v) is 7.05. The van der Waals surface area contributed by atoms with Crippen LogP contribution in [0.4, 0.5) is 0 Å². The SMILES string of the molecule is C=C=C(COC(C)=O)C(=O)OC. The first-order valence-electron chi connectivity index (χ1n) is 3.22. The standard InChI is InChI=1S/C8H10O4/c1-4-7(8(10)11-3)5-12-6(2)9/h1,5H2,2-3H3. The van der Waals surface area contributed by atoms with Crippen LogP contribution in [0.15, 0.2) is 17.9 Å². The van der Waals surface area contributed by atoms with E-state index < -0.39 is 11.9 Å². The zero-order valence-electron chi connectivity index (χ0n) is 7.05. The van der Waals surface area contributed by atoms with Gasteiger partial charge in [0.1, 0.15) is 12.2 Å². The van der Waals surface area contributed by atoms with Gasteiger partial charge in [-0.2, -0.15) is 0 Å². The summed E-state index contributed by atoms with van der Waals surface area (Å²) in [6, 6.07) is 0. The first-order chi connectivity index (χ1) is 5.61. The van der Waals surface area contributed by atoms with Crippen LogP contribution in [0.3, 0.4) is 0 Å². The molecule has 0 heterocycles. The number of carbonyl (C=O) groups excluding carboxylic acids is 2. The molecule has 0 fully saturated rings. The van der Waals surface area contributed by atoms with Crippen molar-refractivity contribution in [1.82, 2.24) is 0 Å². The lowest BCUT2D eigenvalue weighted by Crippen LogP contribution is -2.11. The molecular weight excluding hydrogens is 160 g/mol. The Hall–Kier alpha value is -1.54. The van der Waals surface area contributed by atoms with Crippen LogP contribution < -0.4 is 0 Å². The van der Waals surface area contributed by atoms with Gasteiger partial charge in [0.2, 0.25) is 0 Å². The molecule has 4 nitrogen and oxygen atoms in total. The summed E-state index contributed by atoms with van der Waals surface area (Å²) in [5.41, 5.74) is 2.43. The number of carbonyl (C=O) groups is 2. The molecule has 66 valence electrons. The molecule has 0 N–H and O–H groups in total. The summed E-state index contributed by atoms with van der Waals surface area (Å²) < 4.78 is 8.90. The molecule has 0 amide bonds. The quantitative estimate of drug-likeness (QED) is 0.350. The van der Waals surface area contributed by atoms with Crippen molar-refractivity contribution < 1.29 is 19.1 Å². The molecule has 0 saturated carbocycles. The second-order valence-electron chi connectivity index (χ2n) is 1.93. The molecule has 12 heavy (non-hydrogen) atoms. The molecule has 0 aliphatic carbocycles. The molecule has 0 atom stereocenters. The normalized spacial score (nSPS) is 8.17. The summed E-state index contributed by atoms with van der Waals surface area (Å²) in [6.45, 7) is 4.35. The molecule has 0 saturated heterocycles. The first-order valence-corrected chi connectivity index (χ1v) is 3.22. The third-order valence-corrected chi connectivity index (χ3v) is 1.06. The average Bonchev–Trinajstić information content (AvgIpc) is 2.04. The average molecular weight is 170 g/mol. The van der Waals surface area contributed by atoms with Crippen molar-refractivity contribution in [2.24, 2.45) is 0 Å². The predicted octanol–water partition coefficient (Wildman–Crippen LogP) is 0.434. The van der Waals surface area contributed by atoms with E-state index in [1.807, 2.05) is 0 Å². The Kier molecular flexibility index (Phi) is 4.49. The van der Waals surface area contributed by atoms with E-state index in [1.54, 1.807) is 0 Å². The minimum atomic E-state index is -0.591. The van der Waals surface area contributed by atoms with Crippen molar-refractivity contribution in [2.45, 2.75) is 6.92 Å². The Labute approximate surface area is 70.5 Å². The molecule has 0 bridgehead atoms. The van der Waals surface area contributed by atoms with Crippen molar-refractivity contribution in [3.05, 3.63) is 17.9 Å². The van der Waals surface area contributed by atoms with E-state index in [4.69, 9.17) is 0 Å². The van der Waals surface area contributed by atoms with Crippen LogP contribution in [0.5, 0.6) is 0 Å². The molecule has 0 aliphatic heterocycles. The maximum atomic E-state index is 10.8. The Bertz CT molecular complexity index is 235. The smallest absolute Gasteiger partial charge is 0.345 e. The van der Waals surface area contributed by atoms with E-state index in [9.17, 15) is 9.59 Å². The van der Waals surface area contributed by atoms with Gasteiger partial charge in [-0.15, -0.1) is 5.73 Å². The summed E-state index contributed by atoms with van der Waals surface area (Å²) in [5, 5.41) is 0. The van der Waals surface area contributed by atoms with E-state index >= 15 is 0 Å². The van der Waals surface area contributed by atoms with Gasteiger partial charge in [-0.1, -0.05) is 6.58 Å². The first kappa shape index (κ1) is 10.5. The highest BCUT2D eigenvalue weighted by molar-refractivity contribution is 5.88. The summed E-state index contributed by atoms with van der Waals surface area (Å²) >= 11 is 0. The third-order valence-electron chi connectivity index (χ3n) is 1.06. The van der Waals surface area contributed by atoms with Gasteiger partial charge < -0.3 is 9.47 Å². The van der Waals surface area contributed by atoms with Crippen LogP contribution in [-0.4, -0.2) is 25.7 Å². The lowest BCUT2D eigenvalue weighted by Gasteiger charge is -2.01. The molecule has 0 aliphatic rings. The maximum Gasteiger partial charge on any atom is 0.345 e. The Morgan fingerprint density at radius 2 is 2.08 bits per heavy atom. The topological polar surface area (TPSA) is 52.6 Å². The Morgan fingerprint density at radius 1 is 1.50 bits per heavy atom. The highest BCUT2D eigenvalue weighted by Gasteiger charge is 2.09. The molecule has 0 unspecified atom stereocenters. The molecule has 0 aromatic carbocycles. The second kappa shape index (κ2) is 5.16. The number of esters is 2. The molecule has 0 rings (SSSR count). The van der Waals surface area contributed by atoms with E-state index in [2.05, 4.69) is 21.8 Å². The van der Waals surface area contributed by atoms with Gasteiger partial charge >= 0.3 is 11.9 Å². The highest BCUT2D eigenvalue weighted by atomic mass is 16.5. The fraction of sp³-hybridized carbons (Fsp3) is 0.375. The van der Waals surface area contributed by atoms with Gasteiger partial charge in [0.15, 0.2) is 0 Å². The fourth-order valence-electron chi connectivity index (χ4n) is 0.479. The molecule has 4 heteroatoms. The van der Waals surface area contributed by atoms with Gasteiger partial charge in [-0.25, -0.2) is 4.79 Å². The monoisotopic (exact) mass is 170 g/mol. The van der Waals surface area contributed by atoms with E-state index in [1.165, 1.54) is 14.0 Å². The minimum Gasteiger partial charge on any atom is -0.465 e. The number of hydrogen-bond donors (Lipinski definition) is 0. The predicted molar refractivity (Wildman–Crippen MR) is 41.3 cm³/mol. The van der Waals surface area contributed by atoms with E-state index in [0.29, 0.717) is 0 Å². The Morgan fingerprint density at radius 3 is 2.42 bits per heavy atom. The summed E-state index contributed by atoms with van der Waals surface area (Å²) in [6.07, 6.45) is 0. The summed E-state index contributed by atoms with van der Waals surface area (Å²) in [4.78, 5) is 21.1. The lowest BCUT2D eigenvalue weighted by atomic mass is 10.3. The van der Waals surface area contributed by atoms with Gasteiger partial charge in [0.05, 0.1) is 7.11 Å². The van der Waals surface area contributed by atoms with Crippen LogP contribution in [-0.2, 0) is 19.1 Å². The molecule has 0 spiro atoms. The zero-order chi connectivity index (χ0) is 9.56. The fourth-order valence-corrected chi connectivity index (χ4v) is 0.479. The van der Waals surface area contributed by atoms with Crippen LogP contribution in [0.25, 0.3) is 0 Å².